The van der Waals surface area contributed by atoms with Crippen molar-refractivity contribution in [2.75, 3.05) is 11.5 Å². The molecular weight excluding hydrogens is 224 g/mol. The molecule has 2 unspecified atom stereocenters. The van der Waals surface area contributed by atoms with Crippen molar-refractivity contribution in [3.8, 4) is 0 Å². The summed E-state index contributed by atoms with van der Waals surface area (Å²) in [6, 6.07) is 1.69. The Kier molecular flexibility index (Phi) is 4.58. The molecule has 0 spiro atoms. The summed E-state index contributed by atoms with van der Waals surface area (Å²) < 4.78 is 0. The molecule has 0 aliphatic heterocycles. The lowest BCUT2D eigenvalue weighted by molar-refractivity contribution is 0.0163. The van der Waals surface area contributed by atoms with Crippen LogP contribution in [0, 0.1) is 13.8 Å². The van der Waals surface area contributed by atoms with Crippen LogP contribution in [0.15, 0.2) is 6.07 Å². The Labute approximate surface area is 101 Å². The Balaban J connectivity index is 3.03. The molecule has 0 saturated heterocycles. The number of nitrogens with two attached hydrogens (primary N) is 1. The van der Waals surface area contributed by atoms with Gasteiger partial charge in [0.2, 0.25) is 0 Å². The third-order valence-corrected chi connectivity index (χ3v) is 2.82. The second kappa shape index (κ2) is 5.52. The third-order valence-electron chi connectivity index (χ3n) is 2.56. The third kappa shape index (κ3) is 2.87. The Morgan fingerprint density at radius 3 is 2.56 bits per heavy atom. The van der Waals surface area contributed by atoms with Gasteiger partial charge in [-0.2, -0.15) is 12.6 Å². The van der Waals surface area contributed by atoms with E-state index in [1.165, 1.54) is 0 Å². The van der Waals surface area contributed by atoms with Crippen molar-refractivity contribution in [2.24, 2.45) is 0 Å². The standard InChI is InChI=1S/C11H18N2O2S/c1-6-5-9(12)13-7(2)10(6)11(15)8(14)3-4-16/h5,8,11,14-16H,3-4H2,1-2H3,(H2,12,13). The Bertz CT molecular complexity index is 348. The van der Waals surface area contributed by atoms with E-state index in [0.29, 0.717) is 29.2 Å². The summed E-state index contributed by atoms with van der Waals surface area (Å²) in [5.41, 5.74) is 7.75. The number of aliphatic hydroxyl groups is 2. The van der Waals surface area contributed by atoms with E-state index < -0.39 is 12.2 Å². The zero-order valence-electron chi connectivity index (χ0n) is 9.51. The molecule has 0 amide bonds. The minimum atomic E-state index is -0.930. The van der Waals surface area contributed by atoms with Gasteiger partial charge in [-0.25, -0.2) is 4.98 Å². The van der Waals surface area contributed by atoms with Crippen molar-refractivity contribution in [3.63, 3.8) is 0 Å². The first kappa shape index (κ1) is 13.3. The van der Waals surface area contributed by atoms with Crippen LogP contribution in [-0.2, 0) is 0 Å². The second-order valence-corrected chi connectivity index (χ2v) is 4.33. The van der Waals surface area contributed by atoms with Gasteiger partial charge in [0, 0.05) is 11.3 Å². The van der Waals surface area contributed by atoms with Gasteiger partial charge in [0.05, 0.1) is 6.10 Å². The van der Waals surface area contributed by atoms with Crippen LogP contribution >= 0.6 is 12.6 Å². The number of aromatic nitrogens is 1. The van der Waals surface area contributed by atoms with Crippen molar-refractivity contribution in [1.82, 2.24) is 4.98 Å². The fourth-order valence-corrected chi connectivity index (χ4v) is 2.07. The van der Waals surface area contributed by atoms with Crippen LogP contribution in [0.25, 0.3) is 0 Å². The molecule has 4 N–H and O–H groups in total. The van der Waals surface area contributed by atoms with Gasteiger partial charge in [0.25, 0.3) is 0 Å². The highest BCUT2D eigenvalue weighted by atomic mass is 32.1. The highest BCUT2D eigenvalue weighted by molar-refractivity contribution is 7.80. The van der Waals surface area contributed by atoms with E-state index in [0.717, 1.165) is 5.56 Å². The summed E-state index contributed by atoms with van der Waals surface area (Å²) >= 11 is 4.03. The van der Waals surface area contributed by atoms with Gasteiger partial charge in [0.15, 0.2) is 0 Å². The molecule has 2 atom stereocenters. The quantitative estimate of drug-likeness (QED) is 0.594. The van der Waals surface area contributed by atoms with E-state index in [9.17, 15) is 10.2 Å². The molecule has 0 aromatic carbocycles. The highest BCUT2D eigenvalue weighted by Crippen LogP contribution is 2.26. The van der Waals surface area contributed by atoms with E-state index in [1.54, 1.807) is 13.0 Å². The first-order valence-corrected chi connectivity index (χ1v) is 5.81. The van der Waals surface area contributed by atoms with Crippen LogP contribution in [-0.4, -0.2) is 27.1 Å². The van der Waals surface area contributed by atoms with Crippen LogP contribution in [0.2, 0.25) is 0 Å². The normalized spacial score (nSPS) is 14.8. The molecule has 90 valence electrons. The maximum absolute atomic E-state index is 10.0. The number of hydrogen-bond donors (Lipinski definition) is 4. The lowest BCUT2D eigenvalue weighted by Crippen LogP contribution is -2.21. The SMILES string of the molecule is Cc1cc(N)nc(C)c1C(O)C(O)CCS. The highest BCUT2D eigenvalue weighted by Gasteiger charge is 2.22. The number of thiol groups is 1. The minimum Gasteiger partial charge on any atom is -0.390 e. The second-order valence-electron chi connectivity index (χ2n) is 3.89. The van der Waals surface area contributed by atoms with E-state index in [1.807, 2.05) is 6.92 Å². The van der Waals surface area contributed by atoms with Crippen molar-refractivity contribution in [3.05, 3.63) is 22.9 Å². The first-order chi connectivity index (χ1) is 7.47. The molecular formula is C11H18N2O2S. The van der Waals surface area contributed by atoms with E-state index in [-0.39, 0.29) is 0 Å². The van der Waals surface area contributed by atoms with Gasteiger partial charge in [-0.05, 0) is 37.7 Å². The summed E-state index contributed by atoms with van der Waals surface area (Å²) in [7, 11) is 0. The Morgan fingerprint density at radius 1 is 1.44 bits per heavy atom. The summed E-state index contributed by atoms with van der Waals surface area (Å²) in [6.07, 6.45) is -1.31. The molecule has 0 saturated carbocycles. The fourth-order valence-electron chi connectivity index (χ4n) is 1.80. The molecule has 5 heteroatoms. The maximum Gasteiger partial charge on any atom is 0.123 e. The first-order valence-electron chi connectivity index (χ1n) is 5.18. The molecule has 1 rings (SSSR count). The molecule has 0 aliphatic rings. The molecule has 0 aliphatic carbocycles. The zero-order valence-corrected chi connectivity index (χ0v) is 10.4. The average Bonchev–Trinajstić information content (AvgIpc) is 2.16. The van der Waals surface area contributed by atoms with Crippen LogP contribution < -0.4 is 5.73 Å². The predicted octanol–water partition coefficient (Wildman–Crippen LogP) is 0.995. The Hall–Kier alpha value is -0.780. The van der Waals surface area contributed by atoms with Crippen molar-refractivity contribution < 1.29 is 10.2 Å². The van der Waals surface area contributed by atoms with Crippen molar-refractivity contribution in [2.45, 2.75) is 32.5 Å². The van der Waals surface area contributed by atoms with Gasteiger partial charge in [-0.15, -0.1) is 0 Å². The van der Waals surface area contributed by atoms with E-state index in [4.69, 9.17) is 5.73 Å². The summed E-state index contributed by atoms with van der Waals surface area (Å²) in [4.78, 5) is 4.09. The van der Waals surface area contributed by atoms with Gasteiger partial charge in [0.1, 0.15) is 11.9 Å². The largest absolute Gasteiger partial charge is 0.390 e. The van der Waals surface area contributed by atoms with Crippen LogP contribution in [0.1, 0.15) is 29.3 Å². The molecule has 1 heterocycles. The van der Waals surface area contributed by atoms with E-state index in [2.05, 4.69) is 17.6 Å². The number of rotatable bonds is 4. The van der Waals surface area contributed by atoms with Crippen LogP contribution in [0.5, 0.6) is 0 Å². The smallest absolute Gasteiger partial charge is 0.123 e. The minimum absolute atomic E-state index is 0.426. The van der Waals surface area contributed by atoms with E-state index >= 15 is 0 Å². The number of nitrogen functional groups attached to an aromatic ring is 1. The predicted molar refractivity (Wildman–Crippen MR) is 67.6 cm³/mol. The number of aliphatic hydroxyl groups excluding tert-OH is 2. The number of pyridine rings is 1. The zero-order chi connectivity index (χ0) is 12.3. The number of nitrogens with zero attached hydrogens (tertiary/aromatic N) is 1. The number of aryl methyl sites for hydroxylation is 2. The monoisotopic (exact) mass is 242 g/mol. The maximum atomic E-state index is 10.0. The van der Waals surface area contributed by atoms with Crippen molar-refractivity contribution >= 4 is 18.4 Å². The van der Waals surface area contributed by atoms with Gasteiger partial charge in [-0.1, -0.05) is 0 Å². The fraction of sp³-hybridized carbons (Fsp3) is 0.545. The topological polar surface area (TPSA) is 79.4 Å². The lowest BCUT2D eigenvalue weighted by atomic mass is 9.97. The summed E-state index contributed by atoms with van der Waals surface area (Å²) in [5.74, 6) is 0.952. The molecule has 0 bridgehead atoms. The van der Waals surface area contributed by atoms with Gasteiger partial charge >= 0.3 is 0 Å². The van der Waals surface area contributed by atoms with Gasteiger partial charge < -0.3 is 15.9 Å². The molecule has 4 nitrogen and oxygen atoms in total. The summed E-state index contributed by atoms with van der Waals surface area (Å²) in [6.45, 7) is 3.62. The molecule has 0 fully saturated rings. The van der Waals surface area contributed by atoms with Crippen LogP contribution in [0.4, 0.5) is 5.82 Å². The molecule has 1 aromatic heterocycles. The molecule has 16 heavy (non-hydrogen) atoms. The van der Waals surface area contributed by atoms with Crippen molar-refractivity contribution in [1.29, 1.82) is 0 Å². The van der Waals surface area contributed by atoms with Crippen LogP contribution in [0.3, 0.4) is 0 Å². The summed E-state index contributed by atoms with van der Waals surface area (Å²) in [5, 5.41) is 19.7. The average molecular weight is 242 g/mol. The molecule has 0 radical (unpaired) electrons. The number of anilines is 1. The Morgan fingerprint density at radius 2 is 2.06 bits per heavy atom. The lowest BCUT2D eigenvalue weighted by Gasteiger charge is -2.21. The van der Waals surface area contributed by atoms with Gasteiger partial charge in [-0.3, -0.25) is 0 Å². The molecule has 1 aromatic rings. The number of hydrogen-bond acceptors (Lipinski definition) is 5.